The predicted octanol–water partition coefficient (Wildman–Crippen LogP) is 17.8. The molecule has 0 bridgehead atoms. The van der Waals surface area contributed by atoms with Gasteiger partial charge < -0.3 is 18.9 Å². The van der Waals surface area contributed by atoms with E-state index in [0.29, 0.717) is 133 Å². The molecule has 4 aromatic rings. The van der Waals surface area contributed by atoms with Gasteiger partial charge in [0.25, 0.3) is 0 Å². The highest BCUT2D eigenvalue weighted by Gasteiger charge is 2.23. The average molecular weight is 1460 g/mol. The SMILES string of the molecule is Clc1cc(-c2c(SOSc3ccc(OCC(Br)CBr)c(Cl)c3-c3cc(Cl)c(OCC(Br)CBr)c(Cl)c3)ccc(OCC(Br)CBr)c2Cl)cc(Cl)c1OCC(Br)CBr. The van der Waals surface area contributed by atoms with Crippen LogP contribution in [0.2, 0.25) is 30.1 Å². The molecule has 0 saturated carbocycles. The molecule has 57 heavy (non-hydrogen) atoms. The Balaban J connectivity index is 1.72. The Morgan fingerprint density at radius 1 is 0.456 bits per heavy atom. The van der Waals surface area contributed by atoms with Gasteiger partial charge in [0, 0.05) is 66.3 Å². The summed E-state index contributed by atoms with van der Waals surface area (Å²) in [5.74, 6) is 1.66. The normalized spacial score (nSPS) is 13.6. The molecule has 312 valence electrons. The first kappa shape index (κ1) is 51.9. The first-order valence-electron chi connectivity index (χ1n) is 16.2. The summed E-state index contributed by atoms with van der Waals surface area (Å²) in [6.07, 6.45) is 0. The molecule has 0 spiro atoms. The molecule has 0 saturated heterocycles. The lowest BCUT2D eigenvalue weighted by Crippen LogP contribution is -2.13. The van der Waals surface area contributed by atoms with Gasteiger partial charge in [-0.05, 0) is 59.7 Å². The molecule has 4 atom stereocenters. The van der Waals surface area contributed by atoms with E-state index in [4.69, 9.17) is 92.2 Å². The van der Waals surface area contributed by atoms with Crippen molar-refractivity contribution in [2.24, 2.45) is 0 Å². The lowest BCUT2D eigenvalue weighted by atomic mass is 10.0. The first-order valence-corrected chi connectivity index (χ1v) is 28.1. The summed E-state index contributed by atoms with van der Waals surface area (Å²) in [5.41, 5.74) is 2.44. The van der Waals surface area contributed by atoms with E-state index >= 15 is 0 Å². The van der Waals surface area contributed by atoms with Gasteiger partial charge in [-0.25, -0.2) is 3.63 Å². The largest absolute Gasteiger partial charge is 0.491 e. The van der Waals surface area contributed by atoms with Gasteiger partial charge in [0.05, 0.1) is 49.4 Å². The van der Waals surface area contributed by atoms with Crippen LogP contribution in [0, 0.1) is 0 Å². The number of rotatable bonds is 22. The minimum Gasteiger partial charge on any atom is -0.491 e. The third kappa shape index (κ3) is 15.2. The van der Waals surface area contributed by atoms with Crippen LogP contribution in [0.3, 0.4) is 0 Å². The van der Waals surface area contributed by atoms with E-state index in [2.05, 4.69) is 127 Å². The molecule has 4 rings (SSSR count). The molecule has 0 aliphatic heterocycles. The minimum atomic E-state index is 0.0569. The third-order valence-corrected chi connectivity index (χ3v) is 19.7. The van der Waals surface area contributed by atoms with Crippen molar-refractivity contribution in [1.29, 1.82) is 0 Å². The van der Waals surface area contributed by atoms with Gasteiger partial charge in [0.15, 0.2) is 11.5 Å². The quantitative estimate of drug-likeness (QED) is 0.0574. The maximum atomic E-state index is 7.10. The van der Waals surface area contributed by atoms with E-state index in [0.717, 1.165) is 24.1 Å². The summed E-state index contributed by atoms with van der Waals surface area (Å²) in [7, 11) is 0. The summed E-state index contributed by atoms with van der Waals surface area (Å²) >= 11 is 71.5. The van der Waals surface area contributed by atoms with Crippen LogP contribution in [0.15, 0.2) is 58.3 Å². The highest BCUT2D eigenvalue weighted by molar-refractivity contribution is 9.13. The zero-order valence-corrected chi connectivity index (χ0v) is 47.6. The molecule has 0 N–H and O–H groups in total. The second-order valence-corrected chi connectivity index (χ2v) is 23.4. The molecule has 4 aromatic carbocycles. The Hall–Kier alpha value is 2.32. The van der Waals surface area contributed by atoms with Crippen molar-refractivity contribution in [3.8, 4) is 45.3 Å². The summed E-state index contributed by atoms with van der Waals surface area (Å²) in [6, 6.07) is 14.3. The van der Waals surface area contributed by atoms with E-state index in [1.807, 2.05) is 12.1 Å². The van der Waals surface area contributed by atoms with Gasteiger partial charge in [0.2, 0.25) is 0 Å². The Morgan fingerprint density at radius 2 is 0.754 bits per heavy atom. The van der Waals surface area contributed by atoms with E-state index in [1.165, 1.54) is 0 Å². The van der Waals surface area contributed by atoms with Crippen molar-refractivity contribution in [3.05, 3.63) is 78.7 Å². The van der Waals surface area contributed by atoms with E-state index in [1.54, 1.807) is 36.4 Å². The van der Waals surface area contributed by atoms with Crippen molar-refractivity contribution in [2.45, 2.75) is 29.1 Å². The Morgan fingerprint density at radius 3 is 1.05 bits per heavy atom. The highest BCUT2D eigenvalue weighted by Crippen LogP contribution is 2.50. The van der Waals surface area contributed by atoms with Crippen molar-refractivity contribution in [1.82, 2.24) is 0 Å². The molecule has 5 nitrogen and oxygen atoms in total. The van der Waals surface area contributed by atoms with Gasteiger partial charge >= 0.3 is 0 Å². The van der Waals surface area contributed by atoms with Crippen molar-refractivity contribution in [2.75, 3.05) is 47.7 Å². The summed E-state index contributed by atoms with van der Waals surface area (Å²) < 4.78 is 30.4. The summed E-state index contributed by atoms with van der Waals surface area (Å²) in [4.78, 5) is 1.54. The number of alkyl halides is 8. The molecular formula is C36H28Br8Cl6O5S2. The number of hydrogen-bond acceptors (Lipinski definition) is 7. The molecule has 0 fully saturated rings. The van der Waals surface area contributed by atoms with Gasteiger partial charge in [-0.2, -0.15) is 0 Å². The number of benzene rings is 4. The summed E-state index contributed by atoms with van der Waals surface area (Å²) in [6.45, 7) is 1.42. The van der Waals surface area contributed by atoms with E-state index < -0.39 is 0 Å². The van der Waals surface area contributed by atoms with Crippen LogP contribution in [0.25, 0.3) is 22.3 Å². The maximum absolute atomic E-state index is 7.10. The van der Waals surface area contributed by atoms with Crippen LogP contribution < -0.4 is 18.9 Å². The zero-order chi connectivity index (χ0) is 41.8. The monoisotopic (exact) mass is 1450 g/mol. The van der Waals surface area contributed by atoms with Crippen LogP contribution in [0.5, 0.6) is 23.0 Å². The molecule has 0 aliphatic carbocycles. The standard InChI is InChI=1S/C36H28Br8Cl6O5S2/c37-9-19(41)13-51-27-1-3-29(31(33(27)49)17-5-23(45)35(24(46)6-17)53-15-21(43)11-39)56-55-57-30-4-2-28(52-14-20(42)10-38)34(50)32(30)18-7-25(47)36(26(48)8-18)54-16-22(44)12-40/h1-8,19-22H,9-16H2. The molecule has 21 heteroatoms. The van der Waals surface area contributed by atoms with Crippen molar-refractivity contribution < 1.29 is 22.6 Å². The number of ether oxygens (including phenoxy) is 4. The Labute approximate surface area is 438 Å². The van der Waals surface area contributed by atoms with Crippen LogP contribution in [-0.2, 0) is 3.63 Å². The van der Waals surface area contributed by atoms with Crippen LogP contribution in [-0.4, -0.2) is 67.1 Å². The lowest BCUT2D eigenvalue weighted by Gasteiger charge is -2.19. The molecular weight excluding hydrogens is 1430 g/mol. The fraction of sp³-hybridized carbons (Fsp3) is 0.333. The number of hydrogen-bond donors (Lipinski definition) is 0. The number of halogens is 14. The molecule has 0 aromatic heterocycles. The fourth-order valence-corrected chi connectivity index (χ4v) is 9.45. The maximum Gasteiger partial charge on any atom is 0.156 e. The average Bonchev–Trinajstić information content (AvgIpc) is 3.18. The molecule has 0 radical (unpaired) electrons. The second kappa shape index (κ2) is 26.3. The Bertz CT molecular complexity index is 1790. The first-order chi connectivity index (χ1) is 27.2. The molecule has 0 amide bonds. The smallest absolute Gasteiger partial charge is 0.156 e. The minimum absolute atomic E-state index is 0.0569. The van der Waals surface area contributed by atoms with Gasteiger partial charge in [-0.1, -0.05) is 197 Å². The van der Waals surface area contributed by atoms with Crippen LogP contribution in [0.4, 0.5) is 0 Å². The van der Waals surface area contributed by atoms with E-state index in [-0.39, 0.29) is 19.3 Å². The Kier molecular flexibility index (Phi) is 24.0. The summed E-state index contributed by atoms with van der Waals surface area (Å²) in [5, 5.41) is 4.68. The predicted molar refractivity (Wildman–Crippen MR) is 275 cm³/mol. The second-order valence-electron chi connectivity index (χ2n) is 11.5. The molecule has 4 unspecified atom stereocenters. The van der Waals surface area contributed by atoms with Crippen LogP contribution >= 0.6 is 221 Å². The molecule has 0 aliphatic rings. The third-order valence-electron chi connectivity index (χ3n) is 7.28. The highest BCUT2D eigenvalue weighted by atomic mass is 79.9. The van der Waals surface area contributed by atoms with Gasteiger partial charge in [-0.15, -0.1) is 0 Å². The van der Waals surface area contributed by atoms with Crippen molar-refractivity contribution in [3.63, 3.8) is 0 Å². The van der Waals surface area contributed by atoms with E-state index in [9.17, 15) is 0 Å². The van der Waals surface area contributed by atoms with Gasteiger partial charge in [0.1, 0.15) is 37.9 Å². The molecule has 0 heterocycles. The lowest BCUT2D eigenvalue weighted by molar-refractivity contribution is 0.325. The zero-order valence-electron chi connectivity index (χ0n) is 28.7. The fourth-order valence-electron chi connectivity index (χ4n) is 4.64. The van der Waals surface area contributed by atoms with Crippen molar-refractivity contribution >= 4 is 221 Å². The van der Waals surface area contributed by atoms with Crippen LogP contribution in [0.1, 0.15) is 0 Å². The topological polar surface area (TPSA) is 46.2 Å². The van der Waals surface area contributed by atoms with Gasteiger partial charge in [-0.3, -0.25) is 0 Å².